The van der Waals surface area contributed by atoms with Gasteiger partial charge in [-0.15, -0.1) is 0 Å². The molecule has 0 radical (unpaired) electrons. The highest BCUT2D eigenvalue weighted by Gasteiger charge is 2.30. The lowest BCUT2D eigenvalue weighted by Gasteiger charge is -2.31. The Balaban J connectivity index is 1.74. The zero-order chi connectivity index (χ0) is 22.9. The van der Waals surface area contributed by atoms with Crippen molar-refractivity contribution in [2.45, 2.75) is 90.8 Å². The molecule has 0 heterocycles. The van der Waals surface area contributed by atoms with Crippen molar-refractivity contribution in [2.24, 2.45) is 0 Å². The largest absolute Gasteiger partial charge is 0.352 e. The van der Waals surface area contributed by atoms with Gasteiger partial charge in [-0.05, 0) is 55.7 Å². The molecule has 0 unspecified atom stereocenters. The Morgan fingerprint density at radius 3 is 2.31 bits per heavy atom. The summed E-state index contributed by atoms with van der Waals surface area (Å²) in [6.07, 6.45) is 7.15. The van der Waals surface area contributed by atoms with Crippen LogP contribution in [-0.4, -0.2) is 28.8 Å². The lowest BCUT2D eigenvalue weighted by atomic mass is 10.0. The number of hydrogen-bond donors (Lipinski definition) is 1. The summed E-state index contributed by atoms with van der Waals surface area (Å²) in [5.74, 6) is 0.0344. The summed E-state index contributed by atoms with van der Waals surface area (Å²) in [4.78, 5) is 28.4. The monoisotopic (exact) mass is 434 g/mol. The minimum Gasteiger partial charge on any atom is -0.352 e. The summed E-state index contributed by atoms with van der Waals surface area (Å²) in [5, 5.41) is 3.22. The van der Waals surface area contributed by atoms with Crippen molar-refractivity contribution < 1.29 is 9.59 Å². The minimum absolute atomic E-state index is 0.00676. The number of rotatable bonds is 10. The van der Waals surface area contributed by atoms with Crippen LogP contribution in [0.5, 0.6) is 0 Å². The molecule has 1 saturated carbocycles. The highest BCUT2D eigenvalue weighted by atomic mass is 16.2. The van der Waals surface area contributed by atoms with E-state index in [-0.39, 0.29) is 17.9 Å². The molecule has 0 aromatic heterocycles. The minimum atomic E-state index is -0.439. The fourth-order valence-corrected chi connectivity index (χ4v) is 4.63. The lowest BCUT2D eigenvalue weighted by Crippen LogP contribution is -2.51. The molecule has 0 aliphatic heterocycles. The van der Waals surface area contributed by atoms with E-state index in [9.17, 15) is 9.59 Å². The van der Waals surface area contributed by atoms with Crippen molar-refractivity contribution >= 4 is 11.8 Å². The molecule has 4 nitrogen and oxygen atoms in total. The molecule has 0 bridgehead atoms. The van der Waals surface area contributed by atoms with Gasteiger partial charge in [-0.1, -0.05) is 80.8 Å². The molecule has 32 heavy (non-hydrogen) atoms. The summed E-state index contributed by atoms with van der Waals surface area (Å²) >= 11 is 0. The molecule has 2 aromatic rings. The smallest absolute Gasteiger partial charge is 0.243 e. The Morgan fingerprint density at radius 1 is 1.00 bits per heavy atom. The predicted octanol–water partition coefficient (Wildman–Crippen LogP) is 5.36. The number of nitrogens with zero attached hydrogens (tertiary/aromatic N) is 1. The first-order chi connectivity index (χ1) is 15.5. The van der Waals surface area contributed by atoms with Gasteiger partial charge in [-0.2, -0.15) is 0 Å². The van der Waals surface area contributed by atoms with Crippen LogP contribution in [0.4, 0.5) is 0 Å². The van der Waals surface area contributed by atoms with Crippen molar-refractivity contribution in [1.29, 1.82) is 0 Å². The maximum Gasteiger partial charge on any atom is 0.243 e. The Labute approximate surface area is 193 Å². The predicted molar refractivity (Wildman–Crippen MR) is 130 cm³/mol. The van der Waals surface area contributed by atoms with E-state index >= 15 is 0 Å². The Morgan fingerprint density at radius 2 is 1.69 bits per heavy atom. The van der Waals surface area contributed by atoms with Crippen LogP contribution in [0.3, 0.4) is 0 Å². The standard InChI is InChI=1S/C28H38N2O2/c1-4-22-13-15-23(16-14-22)17-18-27(31)30(20-24-10-8-9-21(3)19-24)26(5-2)28(32)29-25-11-6-7-12-25/h8-10,13-16,19,25-26H,4-7,11-12,17-18,20H2,1-3H3,(H,29,32)/t26-/m1/s1. The average Bonchev–Trinajstić information content (AvgIpc) is 3.30. The van der Waals surface area contributed by atoms with E-state index in [0.29, 0.717) is 25.8 Å². The van der Waals surface area contributed by atoms with E-state index in [1.54, 1.807) is 4.90 Å². The summed E-state index contributed by atoms with van der Waals surface area (Å²) in [6, 6.07) is 16.5. The molecule has 3 rings (SSSR count). The zero-order valence-electron chi connectivity index (χ0n) is 19.9. The van der Waals surface area contributed by atoms with Crippen LogP contribution in [0.2, 0.25) is 0 Å². The van der Waals surface area contributed by atoms with Gasteiger partial charge >= 0.3 is 0 Å². The molecule has 0 saturated heterocycles. The van der Waals surface area contributed by atoms with E-state index in [0.717, 1.165) is 36.0 Å². The molecule has 1 N–H and O–H groups in total. The van der Waals surface area contributed by atoms with Crippen molar-refractivity contribution in [3.05, 3.63) is 70.8 Å². The first kappa shape index (κ1) is 24.0. The first-order valence-corrected chi connectivity index (χ1v) is 12.2. The normalized spacial score (nSPS) is 14.8. The molecule has 4 heteroatoms. The van der Waals surface area contributed by atoms with Crippen LogP contribution in [0.25, 0.3) is 0 Å². The molecule has 2 amide bonds. The molecule has 1 aliphatic rings. The van der Waals surface area contributed by atoms with Gasteiger partial charge in [0.25, 0.3) is 0 Å². The third kappa shape index (κ3) is 6.69. The van der Waals surface area contributed by atoms with Crippen molar-refractivity contribution in [2.75, 3.05) is 0 Å². The molecule has 2 aromatic carbocycles. The van der Waals surface area contributed by atoms with Gasteiger partial charge in [0, 0.05) is 19.0 Å². The van der Waals surface area contributed by atoms with Crippen LogP contribution in [0.15, 0.2) is 48.5 Å². The first-order valence-electron chi connectivity index (χ1n) is 12.2. The molecule has 1 aliphatic carbocycles. The lowest BCUT2D eigenvalue weighted by molar-refractivity contribution is -0.141. The second kappa shape index (κ2) is 11.8. The van der Waals surface area contributed by atoms with E-state index < -0.39 is 6.04 Å². The molecular formula is C28H38N2O2. The van der Waals surface area contributed by atoms with E-state index in [1.165, 1.54) is 18.4 Å². The second-order valence-corrected chi connectivity index (χ2v) is 9.09. The molecule has 172 valence electrons. The number of carbonyl (C=O) groups is 2. The zero-order valence-corrected chi connectivity index (χ0v) is 19.9. The maximum absolute atomic E-state index is 13.4. The second-order valence-electron chi connectivity index (χ2n) is 9.09. The van der Waals surface area contributed by atoms with Crippen LogP contribution in [-0.2, 0) is 29.0 Å². The van der Waals surface area contributed by atoms with Gasteiger partial charge in [0.15, 0.2) is 0 Å². The number of aryl methyl sites for hydroxylation is 3. The molecule has 0 spiro atoms. The quantitative estimate of drug-likeness (QED) is 0.547. The van der Waals surface area contributed by atoms with E-state index in [1.807, 2.05) is 19.1 Å². The Kier molecular flexibility index (Phi) is 8.90. The summed E-state index contributed by atoms with van der Waals surface area (Å²) < 4.78 is 0. The van der Waals surface area contributed by atoms with Gasteiger partial charge in [-0.3, -0.25) is 9.59 Å². The van der Waals surface area contributed by atoms with Gasteiger partial charge in [-0.25, -0.2) is 0 Å². The van der Waals surface area contributed by atoms with Crippen LogP contribution < -0.4 is 5.32 Å². The van der Waals surface area contributed by atoms with Crippen LogP contribution in [0, 0.1) is 6.92 Å². The van der Waals surface area contributed by atoms with E-state index in [4.69, 9.17) is 0 Å². The molecule has 1 fully saturated rings. The Hall–Kier alpha value is -2.62. The van der Waals surface area contributed by atoms with Gasteiger partial charge in [0.05, 0.1) is 0 Å². The van der Waals surface area contributed by atoms with E-state index in [2.05, 4.69) is 55.6 Å². The van der Waals surface area contributed by atoms with Crippen LogP contribution >= 0.6 is 0 Å². The third-order valence-corrected chi connectivity index (χ3v) is 6.58. The number of amides is 2. The number of hydrogen-bond acceptors (Lipinski definition) is 2. The third-order valence-electron chi connectivity index (χ3n) is 6.58. The van der Waals surface area contributed by atoms with Crippen molar-refractivity contribution in [3.8, 4) is 0 Å². The number of nitrogens with one attached hydrogen (secondary N) is 1. The molecular weight excluding hydrogens is 396 g/mol. The summed E-state index contributed by atoms with van der Waals surface area (Å²) in [7, 11) is 0. The summed E-state index contributed by atoms with van der Waals surface area (Å²) in [5.41, 5.74) is 4.69. The average molecular weight is 435 g/mol. The van der Waals surface area contributed by atoms with Gasteiger partial charge in [0.2, 0.25) is 11.8 Å². The fraction of sp³-hybridized carbons (Fsp3) is 0.500. The number of carbonyl (C=O) groups excluding carboxylic acids is 2. The number of benzene rings is 2. The highest BCUT2D eigenvalue weighted by Crippen LogP contribution is 2.20. The Bertz CT molecular complexity index is 885. The van der Waals surface area contributed by atoms with Crippen molar-refractivity contribution in [1.82, 2.24) is 10.2 Å². The van der Waals surface area contributed by atoms with Gasteiger partial charge in [0.1, 0.15) is 6.04 Å². The van der Waals surface area contributed by atoms with Crippen molar-refractivity contribution in [3.63, 3.8) is 0 Å². The fourth-order valence-electron chi connectivity index (χ4n) is 4.63. The van der Waals surface area contributed by atoms with Gasteiger partial charge < -0.3 is 10.2 Å². The topological polar surface area (TPSA) is 49.4 Å². The maximum atomic E-state index is 13.4. The highest BCUT2D eigenvalue weighted by molar-refractivity contribution is 5.88. The summed E-state index contributed by atoms with van der Waals surface area (Å²) in [6.45, 7) is 6.66. The van der Waals surface area contributed by atoms with Crippen LogP contribution in [0.1, 0.15) is 74.6 Å². The SMILES string of the molecule is CCc1ccc(CCC(=O)N(Cc2cccc(C)c2)[C@H](CC)C(=O)NC2CCCC2)cc1. The molecule has 1 atom stereocenters.